The largest absolute Gasteiger partial charge is 0.355 e. The van der Waals surface area contributed by atoms with Crippen LogP contribution in [0.2, 0.25) is 5.02 Å². The first-order valence-electron chi connectivity index (χ1n) is 9.93. The summed E-state index contributed by atoms with van der Waals surface area (Å²) < 4.78 is 0. The number of carbonyl (C=O) groups excluding carboxylic acids is 1. The fraction of sp³-hybridized carbons (Fsp3) is 0.429. The quantitative estimate of drug-likeness (QED) is 0.199. The molecule has 1 aromatic carbocycles. The summed E-state index contributed by atoms with van der Waals surface area (Å²) in [6, 6.07) is 11.5. The lowest BCUT2D eigenvalue weighted by Crippen LogP contribution is -2.44. The molecule has 0 aliphatic carbocycles. The molecule has 30 heavy (non-hydrogen) atoms. The van der Waals surface area contributed by atoms with Crippen LogP contribution < -0.4 is 16.0 Å². The van der Waals surface area contributed by atoms with E-state index in [4.69, 9.17) is 11.6 Å². The van der Waals surface area contributed by atoms with Crippen LogP contribution in [0.5, 0.6) is 0 Å². The van der Waals surface area contributed by atoms with Gasteiger partial charge in [0.1, 0.15) is 0 Å². The van der Waals surface area contributed by atoms with Crippen LogP contribution in [0, 0.1) is 0 Å². The van der Waals surface area contributed by atoms with Crippen LogP contribution >= 0.6 is 46.9 Å². The molecule has 1 aromatic heterocycles. The van der Waals surface area contributed by atoms with E-state index in [9.17, 15) is 4.79 Å². The lowest BCUT2D eigenvalue weighted by Gasteiger charge is -2.27. The Balaban J connectivity index is 0.00000320. The molecule has 0 radical (unpaired) electrons. The van der Waals surface area contributed by atoms with Crippen molar-refractivity contribution in [1.82, 2.24) is 20.9 Å². The summed E-state index contributed by atoms with van der Waals surface area (Å²) in [6.45, 7) is 4.19. The summed E-state index contributed by atoms with van der Waals surface area (Å²) in [4.78, 5) is 20.4. The van der Waals surface area contributed by atoms with E-state index in [1.54, 1.807) is 42.6 Å². The first kappa shape index (κ1) is 24.9. The van der Waals surface area contributed by atoms with Crippen molar-refractivity contribution in [2.75, 3.05) is 39.8 Å². The van der Waals surface area contributed by atoms with E-state index in [1.165, 1.54) is 17.7 Å². The smallest absolute Gasteiger partial charge is 0.251 e. The van der Waals surface area contributed by atoms with Gasteiger partial charge in [0.25, 0.3) is 5.91 Å². The second-order valence-electron chi connectivity index (χ2n) is 6.92. The summed E-state index contributed by atoms with van der Waals surface area (Å²) in [6.07, 6.45) is 2.53. The van der Waals surface area contributed by atoms with Gasteiger partial charge in [-0.3, -0.25) is 14.7 Å². The first-order chi connectivity index (χ1) is 14.2. The van der Waals surface area contributed by atoms with Crippen molar-refractivity contribution >= 4 is 58.8 Å². The minimum Gasteiger partial charge on any atom is -0.355 e. The molecule has 3 rings (SSSR count). The molecule has 1 unspecified atom stereocenters. The predicted octanol–water partition coefficient (Wildman–Crippen LogP) is 3.75. The standard InChI is InChI=1S/C21H28ClN5OS.HI/c1-23-21(25-11-10-24-20(28)16-6-8-17(22)9-7-16)26-15-18(19-5-4-14-29-19)27-12-2-3-13-27;/h4-9,14,18H,2-3,10-13,15H2,1H3,(H,24,28)(H2,23,25,26);1H. The van der Waals surface area contributed by atoms with Gasteiger partial charge >= 0.3 is 0 Å². The molecule has 1 aliphatic heterocycles. The van der Waals surface area contributed by atoms with Gasteiger partial charge in [-0.05, 0) is 61.6 Å². The van der Waals surface area contributed by atoms with E-state index >= 15 is 0 Å². The Bertz CT molecular complexity index is 794. The van der Waals surface area contributed by atoms with Crippen molar-refractivity contribution in [3.05, 3.63) is 57.2 Å². The van der Waals surface area contributed by atoms with Crippen LogP contribution in [0.4, 0.5) is 0 Å². The molecule has 3 N–H and O–H groups in total. The second-order valence-corrected chi connectivity index (χ2v) is 8.33. The van der Waals surface area contributed by atoms with Crippen LogP contribution in [0.1, 0.15) is 34.1 Å². The Labute approximate surface area is 204 Å². The maximum atomic E-state index is 12.1. The van der Waals surface area contributed by atoms with E-state index in [1.807, 2.05) is 0 Å². The topological polar surface area (TPSA) is 68.8 Å². The van der Waals surface area contributed by atoms with Crippen molar-refractivity contribution in [2.45, 2.75) is 18.9 Å². The van der Waals surface area contributed by atoms with Gasteiger partial charge in [0.15, 0.2) is 5.96 Å². The number of carbonyl (C=O) groups is 1. The third kappa shape index (κ3) is 7.40. The van der Waals surface area contributed by atoms with Gasteiger partial charge < -0.3 is 16.0 Å². The van der Waals surface area contributed by atoms with Crippen LogP contribution in [-0.4, -0.2) is 56.5 Å². The highest BCUT2D eigenvalue weighted by atomic mass is 127. The molecular formula is C21H29ClIN5OS. The van der Waals surface area contributed by atoms with E-state index < -0.39 is 0 Å². The molecule has 164 valence electrons. The zero-order chi connectivity index (χ0) is 20.5. The summed E-state index contributed by atoms with van der Waals surface area (Å²) in [5.74, 6) is 0.629. The van der Waals surface area contributed by atoms with E-state index in [2.05, 4.69) is 43.4 Å². The molecule has 1 aliphatic rings. The Kier molecular flexibility index (Phi) is 10.9. The number of thiophene rings is 1. The summed E-state index contributed by atoms with van der Waals surface area (Å²) in [5.41, 5.74) is 0.598. The molecular weight excluding hydrogens is 533 g/mol. The average Bonchev–Trinajstić information content (AvgIpc) is 3.45. The lowest BCUT2D eigenvalue weighted by atomic mass is 10.2. The van der Waals surface area contributed by atoms with Crippen LogP contribution in [-0.2, 0) is 0 Å². The monoisotopic (exact) mass is 561 g/mol. The van der Waals surface area contributed by atoms with Crippen LogP contribution in [0.15, 0.2) is 46.8 Å². The van der Waals surface area contributed by atoms with Crippen molar-refractivity contribution in [2.24, 2.45) is 4.99 Å². The number of nitrogens with zero attached hydrogens (tertiary/aromatic N) is 2. The zero-order valence-electron chi connectivity index (χ0n) is 17.1. The van der Waals surface area contributed by atoms with Crippen molar-refractivity contribution < 1.29 is 4.79 Å². The maximum Gasteiger partial charge on any atom is 0.251 e. The number of nitrogens with one attached hydrogen (secondary N) is 3. The minimum atomic E-state index is -0.113. The summed E-state index contributed by atoms with van der Waals surface area (Å²) in [5, 5.41) is 12.3. The molecule has 2 heterocycles. The summed E-state index contributed by atoms with van der Waals surface area (Å²) in [7, 11) is 1.76. The third-order valence-electron chi connectivity index (χ3n) is 4.95. The number of hydrogen-bond donors (Lipinski definition) is 3. The van der Waals surface area contributed by atoms with Gasteiger partial charge in [-0.25, -0.2) is 0 Å². The fourth-order valence-electron chi connectivity index (χ4n) is 3.42. The average molecular weight is 562 g/mol. The highest BCUT2D eigenvalue weighted by Gasteiger charge is 2.24. The van der Waals surface area contributed by atoms with Crippen LogP contribution in [0.25, 0.3) is 0 Å². The van der Waals surface area contributed by atoms with Gasteiger partial charge in [-0.1, -0.05) is 17.7 Å². The van der Waals surface area contributed by atoms with Crippen LogP contribution in [0.3, 0.4) is 0 Å². The van der Waals surface area contributed by atoms with Crippen molar-refractivity contribution in [1.29, 1.82) is 0 Å². The number of likely N-dealkylation sites (tertiary alicyclic amines) is 1. The number of rotatable bonds is 8. The normalized spacial score (nSPS) is 15.3. The number of hydrogen-bond acceptors (Lipinski definition) is 4. The Morgan fingerprint density at radius 1 is 1.13 bits per heavy atom. The maximum absolute atomic E-state index is 12.1. The number of amides is 1. The second kappa shape index (κ2) is 13.1. The summed E-state index contributed by atoms with van der Waals surface area (Å²) >= 11 is 7.66. The number of aliphatic imine (C=N–C) groups is 1. The first-order valence-corrected chi connectivity index (χ1v) is 11.2. The number of guanidine groups is 1. The number of halogens is 2. The predicted molar refractivity (Wildman–Crippen MR) is 136 cm³/mol. The Morgan fingerprint density at radius 2 is 1.83 bits per heavy atom. The SMILES string of the molecule is CN=C(NCCNC(=O)c1ccc(Cl)cc1)NCC(c1cccs1)N1CCCC1.I. The molecule has 1 amide bonds. The van der Waals surface area contributed by atoms with Crippen molar-refractivity contribution in [3.8, 4) is 0 Å². The zero-order valence-corrected chi connectivity index (χ0v) is 21.0. The molecule has 1 fully saturated rings. The molecule has 0 saturated carbocycles. The van der Waals surface area contributed by atoms with Gasteiger partial charge in [0, 0.05) is 42.1 Å². The molecule has 0 spiro atoms. The third-order valence-corrected chi connectivity index (χ3v) is 6.17. The Morgan fingerprint density at radius 3 is 2.47 bits per heavy atom. The Hall–Kier alpha value is -1.36. The van der Waals surface area contributed by atoms with Crippen molar-refractivity contribution in [3.63, 3.8) is 0 Å². The lowest BCUT2D eigenvalue weighted by molar-refractivity contribution is 0.0954. The van der Waals surface area contributed by atoms with E-state index in [0.29, 0.717) is 29.7 Å². The van der Waals surface area contributed by atoms with Gasteiger partial charge in [-0.15, -0.1) is 35.3 Å². The molecule has 1 atom stereocenters. The van der Waals surface area contributed by atoms with Gasteiger partial charge in [0.2, 0.25) is 0 Å². The highest BCUT2D eigenvalue weighted by Crippen LogP contribution is 2.27. The van der Waals surface area contributed by atoms with E-state index in [-0.39, 0.29) is 29.9 Å². The molecule has 9 heteroatoms. The number of benzene rings is 1. The minimum absolute atomic E-state index is 0. The van der Waals surface area contributed by atoms with Gasteiger partial charge in [-0.2, -0.15) is 0 Å². The fourth-order valence-corrected chi connectivity index (χ4v) is 4.40. The van der Waals surface area contributed by atoms with Gasteiger partial charge in [0.05, 0.1) is 6.04 Å². The molecule has 2 aromatic rings. The molecule has 1 saturated heterocycles. The molecule has 6 nitrogen and oxygen atoms in total. The molecule has 0 bridgehead atoms. The highest BCUT2D eigenvalue weighted by molar-refractivity contribution is 14.0. The van der Waals surface area contributed by atoms with E-state index in [0.717, 1.165) is 25.6 Å².